The Hall–Kier alpha value is -1.24. The second-order valence-electron chi connectivity index (χ2n) is 10.7. The highest BCUT2D eigenvalue weighted by atomic mass is 19.4. The van der Waals surface area contributed by atoms with Crippen LogP contribution in [-0.2, 0) is 9.53 Å². The Morgan fingerprint density at radius 3 is 1.57 bits per heavy atom. The summed E-state index contributed by atoms with van der Waals surface area (Å²) in [7, 11) is 0. The van der Waals surface area contributed by atoms with Crippen LogP contribution in [0.4, 0.5) is 39.5 Å². The highest BCUT2D eigenvalue weighted by Crippen LogP contribution is 2.55. The molecule has 1 aliphatic rings. The third-order valence-corrected chi connectivity index (χ3v) is 7.33. The second kappa shape index (κ2) is 9.90. The summed E-state index contributed by atoms with van der Waals surface area (Å²) < 4.78 is 127. The van der Waals surface area contributed by atoms with Gasteiger partial charge in [-0.15, -0.1) is 0 Å². The fourth-order valence-corrected chi connectivity index (χ4v) is 4.71. The minimum Gasteiger partial charge on any atom is -0.462 e. The summed E-state index contributed by atoms with van der Waals surface area (Å²) in [4.78, 5) is 13.0. The maximum atomic E-state index is 13.5. The van der Waals surface area contributed by atoms with Crippen LogP contribution in [0.25, 0.3) is 0 Å². The van der Waals surface area contributed by atoms with Gasteiger partial charge in [0, 0.05) is 11.8 Å². The topological polar surface area (TPSA) is 66.8 Å². The van der Waals surface area contributed by atoms with E-state index in [1.807, 2.05) is 0 Å². The summed E-state index contributed by atoms with van der Waals surface area (Å²) in [6, 6.07) is 0. The van der Waals surface area contributed by atoms with Gasteiger partial charge in [0.25, 0.3) is 5.60 Å². The van der Waals surface area contributed by atoms with E-state index in [1.54, 1.807) is 27.7 Å². The summed E-state index contributed by atoms with van der Waals surface area (Å²) >= 11 is 0. The quantitative estimate of drug-likeness (QED) is 0.303. The van der Waals surface area contributed by atoms with Gasteiger partial charge in [0.05, 0.1) is 5.41 Å². The van der Waals surface area contributed by atoms with E-state index < -0.39 is 78.3 Å². The van der Waals surface area contributed by atoms with Gasteiger partial charge in [-0.25, -0.2) is 0 Å². The fourth-order valence-electron chi connectivity index (χ4n) is 4.71. The molecule has 0 bridgehead atoms. The Bertz CT molecular complexity index is 727. The van der Waals surface area contributed by atoms with Crippen LogP contribution in [0.2, 0.25) is 0 Å². The maximum Gasteiger partial charge on any atom is 0.426 e. The average Bonchev–Trinajstić information content (AvgIpc) is 2.63. The Morgan fingerprint density at radius 1 is 0.800 bits per heavy atom. The van der Waals surface area contributed by atoms with Crippen LogP contribution in [0.1, 0.15) is 67.2 Å². The summed E-state index contributed by atoms with van der Waals surface area (Å²) in [6.45, 7) is 8.57. The van der Waals surface area contributed by atoms with Crippen LogP contribution in [0.3, 0.4) is 0 Å². The molecule has 0 aromatic rings. The van der Waals surface area contributed by atoms with Gasteiger partial charge in [-0.3, -0.25) is 4.79 Å². The lowest BCUT2D eigenvalue weighted by molar-refractivity contribution is -0.391. The fraction of sp³-hybridized carbons (Fsp3) is 0.955. The molecule has 1 fully saturated rings. The number of hydrogen-bond donors (Lipinski definition) is 2. The van der Waals surface area contributed by atoms with Crippen molar-refractivity contribution in [2.75, 3.05) is 0 Å². The van der Waals surface area contributed by atoms with Gasteiger partial charge in [0.15, 0.2) is 5.60 Å². The van der Waals surface area contributed by atoms with Crippen LogP contribution in [-0.4, -0.2) is 52.0 Å². The third kappa shape index (κ3) is 6.19. The average molecular weight is 532 g/mol. The molecule has 1 saturated carbocycles. The SMILES string of the molecule is CC(C)CC(C)(C(=O)OC1CC(C(C)(O)C(F)(F)F)CC(C(O)(C(F)(F)F)C(F)(F)F)C1)C(C)C. The van der Waals surface area contributed by atoms with E-state index in [0.717, 1.165) is 0 Å². The van der Waals surface area contributed by atoms with E-state index in [2.05, 4.69) is 0 Å². The van der Waals surface area contributed by atoms with E-state index >= 15 is 0 Å². The van der Waals surface area contributed by atoms with Crippen molar-refractivity contribution in [3.05, 3.63) is 0 Å². The van der Waals surface area contributed by atoms with E-state index in [4.69, 9.17) is 4.74 Å². The molecule has 1 rings (SSSR count). The van der Waals surface area contributed by atoms with Crippen LogP contribution in [0.15, 0.2) is 0 Å². The van der Waals surface area contributed by atoms with Gasteiger partial charge < -0.3 is 14.9 Å². The number of alkyl halides is 9. The van der Waals surface area contributed by atoms with E-state index in [-0.39, 0.29) is 25.2 Å². The highest BCUT2D eigenvalue weighted by Gasteiger charge is 2.75. The van der Waals surface area contributed by atoms with E-state index in [1.165, 1.54) is 6.92 Å². The van der Waals surface area contributed by atoms with Crippen molar-refractivity contribution in [1.29, 1.82) is 0 Å². The van der Waals surface area contributed by atoms with Crippen molar-refractivity contribution in [3.63, 3.8) is 0 Å². The minimum absolute atomic E-state index is 0.0617. The molecule has 0 aromatic heterocycles. The number of carbonyl (C=O) groups is 1. The van der Waals surface area contributed by atoms with Gasteiger partial charge in [-0.2, -0.15) is 39.5 Å². The molecular weight excluding hydrogens is 499 g/mol. The number of halogens is 9. The molecular formula is C22H33F9O4. The van der Waals surface area contributed by atoms with Crippen LogP contribution < -0.4 is 0 Å². The number of rotatable bonds is 7. The first-order valence-corrected chi connectivity index (χ1v) is 11.2. The molecule has 4 nitrogen and oxygen atoms in total. The molecule has 0 radical (unpaired) electrons. The zero-order chi connectivity index (χ0) is 28.0. The number of ether oxygens (including phenoxy) is 1. The second-order valence-corrected chi connectivity index (χ2v) is 10.7. The molecule has 0 aromatic carbocycles. The Kier molecular flexibility index (Phi) is 9.00. The first-order chi connectivity index (χ1) is 15.3. The molecule has 5 unspecified atom stereocenters. The van der Waals surface area contributed by atoms with Crippen molar-refractivity contribution in [1.82, 2.24) is 0 Å². The lowest BCUT2D eigenvalue weighted by Gasteiger charge is -2.48. The van der Waals surface area contributed by atoms with Crippen molar-refractivity contribution >= 4 is 5.97 Å². The zero-order valence-electron chi connectivity index (χ0n) is 20.3. The van der Waals surface area contributed by atoms with Gasteiger partial charge in [-0.05, 0) is 51.4 Å². The molecule has 13 heteroatoms. The monoisotopic (exact) mass is 532 g/mol. The predicted octanol–water partition coefficient (Wildman–Crippen LogP) is 6.19. The normalized spacial score (nSPS) is 26.4. The number of hydrogen-bond acceptors (Lipinski definition) is 4. The molecule has 0 heterocycles. The Balaban J connectivity index is 3.52. The highest BCUT2D eigenvalue weighted by molar-refractivity contribution is 5.77. The molecule has 2 N–H and O–H groups in total. The summed E-state index contributed by atoms with van der Waals surface area (Å²) in [6.07, 6.45) is -23.1. The van der Waals surface area contributed by atoms with Crippen LogP contribution in [0, 0.1) is 29.1 Å². The van der Waals surface area contributed by atoms with Gasteiger partial charge >= 0.3 is 24.5 Å². The lowest BCUT2D eigenvalue weighted by atomic mass is 9.66. The molecule has 0 spiro atoms. The lowest BCUT2D eigenvalue weighted by Crippen LogP contribution is -2.64. The van der Waals surface area contributed by atoms with Crippen molar-refractivity contribution in [3.8, 4) is 0 Å². The largest absolute Gasteiger partial charge is 0.462 e. The smallest absolute Gasteiger partial charge is 0.426 e. The Labute approximate surface area is 198 Å². The van der Waals surface area contributed by atoms with Crippen LogP contribution in [0.5, 0.6) is 0 Å². The third-order valence-electron chi connectivity index (χ3n) is 7.33. The first-order valence-electron chi connectivity index (χ1n) is 11.2. The van der Waals surface area contributed by atoms with Gasteiger partial charge in [0.1, 0.15) is 6.10 Å². The molecule has 35 heavy (non-hydrogen) atoms. The number of esters is 1. The molecule has 5 atom stereocenters. The molecule has 208 valence electrons. The minimum atomic E-state index is -6.29. The first kappa shape index (κ1) is 31.8. The van der Waals surface area contributed by atoms with Crippen molar-refractivity contribution in [2.45, 2.75) is 103 Å². The molecule has 1 aliphatic carbocycles. The zero-order valence-corrected chi connectivity index (χ0v) is 20.3. The van der Waals surface area contributed by atoms with E-state index in [0.29, 0.717) is 0 Å². The van der Waals surface area contributed by atoms with Gasteiger partial charge in [0.2, 0.25) is 0 Å². The maximum absolute atomic E-state index is 13.5. The number of aliphatic hydroxyl groups is 2. The summed E-state index contributed by atoms with van der Waals surface area (Å²) in [5, 5.41) is 19.9. The molecule has 0 amide bonds. The van der Waals surface area contributed by atoms with Gasteiger partial charge in [-0.1, -0.05) is 27.7 Å². The predicted molar refractivity (Wildman–Crippen MR) is 107 cm³/mol. The van der Waals surface area contributed by atoms with Crippen LogP contribution >= 0.6 is 0 Å². The summed E-state index contributed by atoms with van der Waals surface area (Å²) in [5.41, 5.74) is -10.3. The molecule has 0 aliphatic heterocycles. The molecule has 0 saturated heterocycles. The van der Waals surface area contributed by atoms with Crippen molar-refractivity contribution < 1.29 is 59.3 Å². The number of carbonyl (C=O) groups excluding carboxylic acids is 1. The van der Waals surface area contributed by atoms with Crippen molar-refractivity contribution in [2.24, 2.45) is 29.1 Å². The summed E-state index contributed by atoms with van der Waals surface area (Å²) in [5.74, 6) is -6.50. The standard InChI is InChI=1S/C22H33F9O4/c1-11(2)10-17(5,12(3)4)16(32)35-15-8-13(18(6,33)20(23,24)25)7-14(9-15)19(34,21(26,27)28)22(29,30)31/h11-15,33-34H,7-10H2,1-6H3. The van der Waals surface area contributed by atoms with E-state index in [9.17, 15) is 54.5 Å². The Morgan fingerprint density at radius 2 is 1.23 bits per heavy atom.